The van der Waals surface area contributed by atoms with Gasteiger partial charge < -0.3 is 15.5 Å². The maximum Gasteiger partial charge on any atom is 0.230 e. The van der Waals surface area contributed by atoms with Crippen LogP contribution < -0.4 is 10.6 Å². The number of halogens is 2. The Bertz CT molecular complexity index is 570. The lowest BCUT2D eigenvalue weighted by Crippen LogP contribution is -2.49. The van der Waals surface area contributed by atoms with Crippen LogP contribution in [-0.4, -0.2) is 44.5 Å². The molecule has 8 heteroatoms. The Kier molecular flexibility index (Phi) is 9.00. The smallest absolute Gasteiger partial charge is 0.230 e. The number of carbonyl (C=O) groups excluding carboxylic acids is 1. The van der Waals surface area contributed by atoms with Gasteiger partial charge in [-0.2, -0.15) is 0 Å². The lowest BCUT2D eigenvalue weighted by molar-refractivity contribution is -0.138. The Labute approximate surface area is 173 Å². The van der Waals surface area contributed by atoms with Gasteiger partial charge in [-0.15, -0.1) is 35.3 Å². The Hall–Kier alpha value is -0.350. The monoisotopic (exact) mass is 528 g/mol. The molecule has 0 atom stereocenters. The molecule has 1 aromatic heterocycles. The first-order valence-corrected chi connectivity index (χ1v) is 9.48. The summed E-state index contributed by atoms with van der Waals surface area (Å²) in [6, 6.07) is 4.13. The van der Waals surface area contributed by atoms with E-state index in [1.54, 1.807) is 23.3 Å². The Balaban J connectivity index is 0.00000288. The average molecular weight is 529 g/mol. The standard InChI is InChI=1S/C16H25BrN4OS.HI/c1-18-15(19-10-12-6-7-13(17)23-12)20-11-16(8-4-5-9-16)14(22)21(2)3;/h6-7H,4-5,8-11H2,1-3H3,(H2,18,19,20);1H. The molecule has 2 N–H and O–H groups in total. The summed E-state index contributed by atoms with van der Waals surface area (Å²) in [6.07, 6.45) is 4.14. The predicted molar refractivity (Wildman–Crippen MR) is 115 cm³/mol. The van der Waals surface area contributed by atoms with Crippen molar-refractivity contribution in [2.24, 2.45) is 10.4 Å². The zero-order valence-corrected chi connectivity index (χ0v) is 19.1. The van der Waals surface area contributed by atoms with E-state index < -0.39 is 0 Å². The van der Waals surface area contributed by atoms with Gasteiger partial charge in [0.15, 0.2) is 5.96 Å². The molecule has 0 spiro atoms. The normalized spacial score (nSPS) is 16.4. The molecule has 24 heavy (non-hydrogen) atoms. The van der Waals surface area contributed by atoms with Crippen molar-refractivity contribution in [3.63, 3.8) is 0 Å². The summed E-state index contributed by atoms with van der Waals surface area (Å²) in [5, 5.41) is 6.66. The van der Waals surface area contributed by atoms with Crippen LogP contribution in [0.25, 0.3) is 0 Å². The van der Waals surface area contributed by atoms with Crippen molar-refractivity contribution in [3.05, 3.63) is 20.8 Å². The molecule has 1 aromatic rings. The van der Waals surface area contributed by atoms with Crippen LogP contribution in [0.15, 0.2) is 20.9 Å². The van der Waals surface area contributed by atoms with Gasteiger partial charge in [0.05, 0.1) is 15.7 Å². The molecule has 1 fully saturated rings. The van der Waals surface area contributed by atoms with E-state index in [2.05, 4.69) is 37.6 Å². The molecule has 0 bridgehead atoms. The Morgan fingerprint density at radius 3 is 2.50 bits per heavy atom. The van der Waals surface area contributed by atoms with Crippen LogP contribution >= 0.6 is 51.2 Å². The molecule has 0 radical (unpaired) electrons. The highest BCUT2D eigenvalue weighted by atomic mass is 127. The highest BCUT2D eigenvalue weighted by molar-refractivity contribution is 14.0. The molecule has 1 heterocycles. The molecular formula is C16H26BrIN4OS. The van der Waals surface area contributed by atoms with Gasteiger partial charge in [0, 0.05) is 32.6 Å². The lowest BCUT2D eigenvalue weighted by atomic mass is 9.84. The second kappa shape index (κ2) is 9.96. The molecule has 1 amide bonds. The van der Waals surface area contributed by atoms with E-state index in [0.29, 0.717) is 6.54 Å². The Morgan fingerprint density at radius 2 is 2.00 bits per heavy atom. The van der Waals surface area contributed by atoms with Gasteiger partial charge in [-0.25, -0.2) is 0 Å². The minimum atomic E-state index is -0.285. The third-order valence-electron chi connectivity index (χ3n) is 4.30. The number of amides is 1. The number of nitrogens with zero attached hydrogens (tertiary/aromatic N) is 2. The zero-order valence-electron chi connectivity index (χ0n) is 14.4. The summed E-state index contributed by atoms with van der Waals surface area (Å²) < 4.78 is 1.12. The second-order valence-electron chi connectivity index (χ2n) is 6.17. The van der Waals surface area contributed by atoms with Gasteiger partial charge in [-0.05, 0) is 40.9 Å². The number of guanidine groups is 1. The van der Waals surface area contributed by atoms with E-state index in [-0.39, 0.29) is 35.3 Å². The number of carbonyl (C=O) groups is 1. The van der Waals surface area contributed by atoms with Gasteiger partial charge >= 0.3 is 0 Å². The van der Waals surface area contributed by atoms with Crippen molar-refractivity contribution < 1.29 is 4.79 Å². The predicted octanol–water partition coefficient (Wildman–Crippen LogP) is 3.44. The van der Waals surface area contributed by atoms with Crippen LogP contribution in [0.3, 0.4) is 0 Å². The van der Waals surface area contributed by atoms with Crippen LogP contribution in [0, 0.1) is 5.41 Å². The molecule has 0 aliphatic heterocycles. The molecule has 1 saturated carbocycles. The summed E-state index contributed by atoms with van der Waals surface area (Å²) in [7, 11) is 5.43. The SMILES string of the molecule is CN=C(NCc1ccc(Br)s1)NCC1(C(=O)N(C)C)CCCC1.I. The highest BCUT2D eigenvalue weighted by Crippen LogP contribution is 2.38. The van der Waals surface area contributed by atoms with Gasteiger partial charge in [0.1, 0.15) is 0 Å². The van der Waals surface area contributed by atoms with E-state index in [4.69, 9.17) is 0 Å². The summed E-state index contributed by atoms with van der Waals surface area (Å²) in [6.45, 7) is 1.36. The molecule has 136 valence electrons. The van der Waals surface area contributed by atoms with E-state index in [1.165, 1.54) is 4.88 Å². The van der Waals surface area contributed by atoms with Crippen molar-refractivity contribution in [3.8, 4) is 0 Å². The average Bonchev–Trinajstić information content (AvgIpc) is 3.16. The van der Waals surface area contributed by atoms with Crippen molar-refractivity contribution in [2.75, 3.05) is 27.7 Å². The van der Waals surface area contributed by atoms with Crippen LogP contribution in [-0.2, 0) is 11.3 Å². The Morgan fingerprint density at radius 1 is 1.33 bits per heavy atom. The topological polar surface area (TPSA) is 56.7 Å². The van der Waals surface area contributed by atoms with Gasteiger partial charge in [-0.1, -0.05) is 12.8 Å². The quantitative estimate of drug-likeness (QED) is 0.349. The number of hydrogen-bond acceptors (Lipinski definition) is 3. The summed E-state index contributed by atoms with van der Waals surface area (Å²) in [4.78, 5) is 19.8. The van der Waals surface area contributed by atoms with E-state index in [1.807, 2.05) is 20.2 Å². The number of thiophene rings is 1. The fourth-order valence-corrected chi connectivity index (χ4v) is 4.51. The molecule has 1 aliphatic carbocycles. The molecule has 5 nitrogen and oxygen atoms in total. The van der Waals surface area contributed by atoms with Crippen molar-refractivity contribution in [1.82, 2.24) is 15.5 Å². The molecule has 1 aliphatic rings. The van der Waals surface area contributed by atoms with E-state index >= 15 is 0 Å². The molecule has 0 aromatic carbocycles. The van der Waals surface area contributed by atoms with Gasteiger partial charge in [0.25, 0.3) is 0 Å². The van der Waals surface area contributed by atoms with E-state index in [9.17, 15) is 4.79 Å². The fourth-order valence-electron chi connectivity index (χ4n) is 3.08. The fraction of sp³-hybridized carbons (Fsp3) is 0.625. The third kappa shape index (κ3) is 5.59. The number of aliphatic imine (C=N–C) groups is 1. The first-order chi connectivity index (χ1) is 11.0. The van der Waals surface area contributed by atoms with Gasteiger partial charge in [0.2, 0.25) is 5.91 Å². The van der Waals surface area contributed by atoms with Gasteiger partial charge in [-0.3, -0.25) is 9.79 Å². The largest absolute Gasteiger partial charge is 0.355 e. The molecule has 0 unspecified atom stereocenters. The van der Waals surface area contributed by atoms with Crippen molar-refractivity contribution in [2.45, 2.75) is 32.2 Å². The molecule has 0 saturated heterocycles. The van der Waals surface area contributed by atoms with Crippen LogP contribution in [0.1, 0.15) is 30.6 Å². The van der Waals surface area contributed by atoms with E-state index in [0.717, 1.165) is 42.0 Å². The number of nitrogens with one attached hydrogen (secondary N) is 2. The first-order valence-electron chi connectivity index (χ1n) is 7.87. The zero-order chi connectivity index (χ0) is 16.9. The summed E-state index contributed by atoms with van der Waals surface area (Å²) in [5.74, 6) is 0.965. The summed E-state index contributed by atoms with van der Waals surface area (Å²) >= 11 is 5.17. The maximum absolute atomic E-state index is 12.6. The number of rotatable bonds is 5. The highest BCUT2D eigenvalue weighted by Gasteiger charge is 2.42. The van der Waals surface area contributed by atoms with Crippen molar-refractivity contribution >= 4 is 63.1 Å². The van der Waals surface area contributed by atoms with Crippen LogP contribution in [0.5, 0.6) is 0 Å². The molecule has 2 rings (SSSR count). The number of hydrogen-bond donors (Lipinski definition) is 2. The maximum atomic E-state index is 12.6. The minimum absolute atomic E-state index is 0. The van der Waals surface area contributed by atoms with Crippen molar-refractivity contribution in [1.29, 1.82) is 0 Å². The second-order valence-corrected chi connectivity index (χ2v) is 8.72. The minimum Gasteiger partial charge on any atom is -0.355 e. The third-order valence-corrected chi connectivity index (χ3v) is 5.92. The molecular weight excluding hydrogens is 503 g/mol. The lowest BCUT2D eigenvalue weighted by Gasteiger charge is -2.31. The van der Waals surface area contributed by atoms with Crippen LogP contribution in [0.2, 0.25) is 0 Å². The summed E-state index contributed by atoms with van der Waals surface area (Å²) in [5.41, 5.74) is -0.285. The first kappa shape index (κ1) is 21.7. The van der Waals surface area contributed by atoms with Crippen LogP contribution in [0.4, 0.5) is 0 Å².